The quantitative estimate of drug-likeness (QED) is 0.479. The molecule has 4 heterocycles. The first-order chi connectivity index (χ1) is 14.2. The Labute approximate surface area is 166 Å². The predicted octanol–water partition coefficient (Wildman–Crippen LogP) is 3.01. The van der Waals surface area contributed by atoms with Gasteiger partial charge in [-0.05, 0) is 18.2 Å². The molecule has 0 atom stereocenters. The maximum atomic E-state index is 12.4. The highest BCUT2D eigenvalue weighted by atomic mass is 16.1. The Kier molecular flexibility index (Phi) is 4.05. The third-order valence-corrected chi connectivity index (χ3v) is 4.92. The van der Waals surface area contributed by atoms with Crippen molar-refractivity contribution in [2.24, 2.45) is 7.05 Å². The van der Waals surface area contributed by atoms with E-state index in [0.717, 1.165) is 28.2 Å². The molecule has 0 amide bonds. The van der Waals surface area contributed by atoms with Crippen LogP contribution in [0.3, 0.4) is 0 Å². The summed E-state index contributed by atoms with van der Waals surface area (Å²) in [6, 6.07) is 19.2. The number of hydrogen-bond donors (Lipinski definition) is 0. The number of hydrogen-bond acceptors (Lipinski definition) is 4. The number of rotatable bonds is 4. The first-order valence-corrected chi connectivity index (χ1v) is 9.28. The van der Waals surface area contributed by atoms with E-state index >= 15 is 0 Å². The standard InChI is InChI=1S/C22H18N6O/c1-26-14-12-23-19(26)15-28-20(29)11-10-17(24-28)21-18-9-5-6-13-27(18)25-22(21)16-7-3-2-4-8-16/h2-14H,15H2,1H3. The molecule has 5 aromatic rings. The van der Waals surface area contributed by atoms with Crippen LogP contribution in [0.4, 0.5) is 0 Å². The maximum absolute atomic E-state index is 12.4. The zero-order valence-corrected chi connectivity index (χ0v) is 15.8. The van der Waals surface area contributed by atoms with Crippen LogP contribution in [-0.4, -0.2) is 28.9 Å². The van der Waals surface area contributed by atoms with Crippen LogP contribution < -0.4 is 5.56 Å². The van der Waals surface area contributed by atoms with E-state index in [1.807, 2.05) is 77.1 Å². The molecule has 0 aliphatic heterocycles. The number of benzene rings is 1. The summed E-state index contributed by atoms with van der Waals surface area (Å²) in [6.07, 6.45) is 5.47. The molecule has 4 aromatic heterocycles. The van der Waals surface area contributed by atoms with Gasteiger partial charge in [-0.25, -0.2) is 14.2 Å². The molecule has 0 unspecified atom stereocenters. The van der Waals surface area contributed by atoms with Crippen LogP contribution in [0.2, 0.25) is 0 Å². The number of aryl methyl sites for hydroxylation is 1. The van der Waals surface area contributed by atoms with Gasteiger partial charge in [-0.3, -0.25) is 4.79 Å². The van der Waals surface area contributed by atoms with Gasteiger partial charge in [0, 0.05) is 37.3 Å². The van der Waals surface area contributed by atoms with Crippen molar-refractivity contribution in [2.75, 3.05) is 0 Å². The molecule has 0 bridgehead atoms. The summed E-state index contributed by atoms with van der Waals surface area (Å²) in [5.41, 5.74) is 4.17. The third-order valence-electron chi connectivity index (χ3n) is 4.92. The molecule has 0 spiro atoms. The van der Waals surface area contributed by atoms with Crippen LogP contribution in [0.25, 0.3) is 28.0 Å². The molecular formula is C22H18N6O. The smallest absolute Gasteiger partial charge is 0.267 e. The molecule has 0 fully saturated rings. The first-order valence-electron chi connectivity index (χ1n) is 9.28. The number of pyridine rings is 1. The molecule has 0 radical (unpaired) electrons. The lowest BCUT2D eigenvalue weighted by molar-refractivity contribution is 0.600. The van der Waals surface area contributed by atoms with Crippen molar-refractivity contribution in [3.63, 3.8) is 0 Å². The summed E-state index contributed by atoms with van der Waals surface area (Å²) < 4.78 is 5.16. The zero-order chi connectivity index (χ0) is 19.8. The monoisotopic (exact) mass is 382 g/mol. The van der Waals surface area contributed by atoms with E-state index in [4.69, 9.17) is 5.10 Å². The van der Waals surface area contributed by atoms with Crippen LogP contribution in [0.1, 0.15) is 5.82 Å². The van der Waals surface area contributed by atoms with Crippen molar-refractivity contribution in [3.8, 4) is 22.5 Å². The summed E-state index contributed by atoms with van der Waals surface area (Å²) in [6.45, 7) is 0.302. The van der Waals surface area contributed by atoms with Crippen LogP contribution in [0.15, 0.2) is 84.0 Å². The summed E-state index contributed by atoms with van der Waals surface area (Å²) in [5, 5.41) is 9.44. The molecule has 0 aliphatic carbocycles. The fraction of sp³-hybridized carbons (Fsp3) is 0.0909. The van der Waals surface area contributed by atoms with Crippen molar-refractivity contribution in [3.05, 3.63) is 95.4 Å². The average Bonchev–Trinajstić information content (AvgIpc) is 3.34. The van der Waals surface area contributed by atoms with Crippen LogP contribution in [-0.2, 0) is 13.6 Å². The van der Waals surface area contributed by atoms with Crippen LogP contribution in [0, 0.1) is 0 Å². The van der Waals surface area contributed by atoms with Gasteiger partial charge in [-0.15, -0.1) is 0 Å². The maximum Gasteiger partial charge on any atom is 0.267 e. The normalized spacial score (nSPS) is 11.2. The van der Waals surface area contributed by atoms with E-state index in [-0.39, 0.29) is 5.56 Å². The highest BCUT2D eigenvalue weighted by molar-refractivity contribution is 5.90. The SMILES string of the molecule is Cn1ccnc1Cn1nc(-c2c(-c3ccccc3)nn3ccccc23)ccc1=O. The molecule has 0 saturated heterocycles. The Bertz CT molecular complexity index is 1360. The van der Waals surface area contributed by atoms with Gasteiger partial charge < -0.3 is 4.57 Å². The first kappa shape index (κ1) is 17.1. The van der Waals surface area contributed by atoms with Gasteiger partial charge in [0.1, 0.15) is 18.1 Å². The molecule has 0 saturated carbocycles. The lowest BCUT2D eigenvalue weighted by Gasteiger charge is -2.08. The topological polar surface area (TPSA) is 70.0 Å². The Morgan fingerprint density at radius 2 is 1.72 bits per heavy atom. The molecule has 0 N–H and O–H groups in total. The highest BCUT2D eigenvalue weighted by Crippen LogP contribution is 2.33. The predicted molar refractivity (Wildman–Crippen MR) is 110 cm³/mol. The van der Waals surface area contributed by atoms with Crippen molar-refractivity contribution in [1.82, 2.24) is 28.9 Å². The van der Waals surface area contributed by atoms with E-state index < -0.39 is 0 Å². The zero-order valence-electron chi connectivity index (χ0n) is 15.8. The van der Waals surface area contributed by atoms with Crippen molar-refractivity contribution in [1.29, 1.82) is 0 Å². The Morgan fingerprint density at radius 1 is 0.897 bits per heavy atom. The number of fused-ring (bicyclic) bond motifs is 1. The van der Waals surface area contributed by atoms with Gasteiger partial charge in [0.05, 0.1) is 16.8 Å². The summed E-state index contributed by atoms with van der Waals surface area (Å²) in [5.74, 6) is 0.764. The van der Waals surface area contributed by atoms with Crippen LogP contribution in [0.5, 0.6) is 0 Å². The van der Waals surface area contributed by atoms with Crippen molar-refractivity contribution < 1.29 is 0 Å². The molecule has 7 heteroatoms. The molecule has 1 aromatic carbocycles. The van der Waals surface area contributed by atoms with E-state index in [9.17, 15) is 4.79 Å². The highest BCUT2D eigenvalue weighted by Gasteiger charge is 2.18. The second-order valence-electron chi connectivity index (χ2n) is 6.79. The Morgan fingerprint density at radius 3 is 2.52 bits per heavy atom. The van der Waals surface area contributed by atoms with E-state index in [1.54, 1.807) is 18.3 Å². The number of aromatic nitrogens is 6. The molecule has 29 heavy (non-hydrogen) atoms. The summed E-state index contributed by atoms with van der Waals surface area (Å²) in [4.78, 5) is 16.7. The lowest BCUT2D eigenvalue weighted by Crippen LogP contribution is -2.24. The van der Waals surface area contributed by atoms with Gasteiger partial charge >= 0.3 is 0 Å². The minimum Gasteiger partial charge on any atom is -0.336 e. The average molecular weight is 382 g/mol. The lowest BCUT2D eigenvalue weighted by atomic mass is 10.0. The van der Waals surface area contributed by atoms with Gasteiger partial charge in [-0.2, -0.15) is 10.2 Å². The number of imidazole rings is 1. The summed E-state index contributed by atoms with van der Waals surface area (Å²) >= 11 is 0. The second kappa shape index (κ2) is 6.87. The van der Waals surface area contributed by atoms with E-state index in [1.165, 1.54) is 4.68 Å². The molecule has 0 aliphatic rings. The molecule has 5 rings (SSSR count). The molecule has 142 valence electrons. The Hall–Kier alpha value is -4.00. The van der Waals surface area contributed by atoms with Crippen molar-refractivity contribution >= 4 is 5.52 Å². The van der Waals surface area contributed by atoms with E-state index in [2.05, 4.69) is 10.1 Å². The third kappa shape index (κ3) is 3.02. The van der Waals surface area contributed by atoms with Crippen LogP contribution >= 0.6 is 0 Å². The van der Waals surface area contributed by atoms with E-state index in [0.29, 0.717) is 12.2 Å². The second-order valence-corrected chi connectivity index (χ2v) is 6.79. The number of nitrogens with zero attached hydrogens (tertiary/aromatic N) is 6. The minimum absolute atomic E-state index is 0.172. The van der Waals surface area contributed by atoms with Gasteiger partial charge in [0.15, 0.2) is 0 Å². The van der Waals surface area contributed by atoms with Crippen molar-refractivity contribution in [2.45, 2.75) is 6.54 Å². The fourth-order valence-electron chi connectivity index (χ4n) is 3.43. The van der Waals surface area contributed by atoms with Gasteiger partial charge in [0.25, 0.3) is 5.56 Å². The molecule has 7 nitrogen and oxygen atoms in total. The fourth-order valence-corrected chi connectivity index (χ4v) is 3.43. The van der Waals surface area contributed by atoms with Gasteiger partial charge in [0.2, 0.25) is 0 Å². The minimum atomic E-state index is -0.172. The largest absolute Gasteiger partial charge is 0.336 e. The molecular weight excluding hydrogens is 364 g/mol. The van der Waals surface area contributed by atoms with Gasteiger partial charge in [-0.1, -0.05) is 36.4 Å². The Balaban J connectivity index is 1.71. The summed E-state index contributed by atoms with van der Waals surface area (Å²) in [7, 11) is 1.90.